The maximum atomic E-state index is 13.9. The molecule has 1 unspecified atom stereocenters. The van der Waals surface area contributed by atoms with Crippen molar-refractivity contribution in [2.45, 2.75) is 44.9 Å². The fourth-order valence-electron chi connectivity index (χ4n) is 5.33. The van der Waals surface area contributed by atoms with Crippen molar-refractivity contribution >= 4 is 54.5 Å². The molecular formula is C31H35BrF3N5O8S. The molecule has 0 aliphatic carbocycles. The van der Waals surface area contributed by atoms with Crippen molar-refractivity contribution in [1.29, 1.82) is 0 Å². The van der Waals surface area contributed by atoms with Crippen LogP contribution >= 0.6 is 15.9 Å². The van der Waals surface area contributed by atoms with Crippen LogP contribution in [0.15, 0.2) is 41.0 Å². The zero-order valence-electron chi connectivity index (χ0n) is 27.1. The summed E-state index contributed by atoms with van der Waals surface area (Å²) >= 11 is 3.33. The van der Waals surface area contributed by atoms with Crippen molar-refractivity contribution in [1.82, 2.24) is 13.5 Å². The first-order chi connectivity index (χ1) is 22.8. The van der Waals surface area contributed by atoms with Gasteiger partial charge in [-0.1, -0.05) is 6.07 Å². The molecule has 3 N–H and O–H groups in total. The van der Waals surface area contributed by atoms with Crippen molar-refractivity contribution in [2.24, 2.45) is 0 Å². The first-order valence-electron chi connectivity index (χ1n) is 14.9. The highest BCUT2D eigenvalue weighted by molar-refractivity contribution is 9.10. The molecule has 0 radical (unpaired) electrons. The number of hydrogen-bond donors (Lipinski definition) is 3. The average Bonchev–Trinajstić information content (AvgIpc) is 3.56. The molecule has 0 spiro atoms. The van der Waals surface area contributed by atoms with Gasteiger partial charge in [-0.15, -0.1) is 0 Å². The van der Waals surface area contributed by atoms with Crippen LogP contribution in [0.5, 0.6) is 11.6 Å². The van der Waals surface area contributed by atoms with Gasteiger partial charge in [-0.2, -0.15) is 21.6 Å². The van der Waals surface area contributed by atoms with E-state index in [9.17, 15) is 36.6 Å². The van der Waals surface area contributed by atoms with Gasteiger partial charge in [0, 0.05) is 31.5 Å². The van der Waals surface area contributed by atoms with Gasteiger partial charge in [-0.05, 0) is 79.0 Å². The second kappa shape index (κ2) is 13.4. The summed E-state index contributed by atoms with van der Waals surface area (Å²) in [7, 11) is -4.71. The van der Waals surface area contributed by atoms with Crippen LogP contribution in [0.25, 0.3) is 22.4 Å². The number of imidazole rings is 1. The van der Waals surface area contributed by atoms with E-state index in [-0.39, 0.29) is 27.2 Å². The molecule has 18 heteroatoms. The van der Waals surface area contributed by atoms with Gasteiger partial charge in [0.25, 0.3) is 0 Å². The Labute approximate surface area is 288 Å². The van der Waals surface area contributed by atoms with Crippen LogP contribution in [-0.2, 0) is 19.5 Å². The van der Waals surface area contributed by atoms with Crippen LogP contribution < -0.4 is 15.0 Å². The minimum Gasteiger partial charge on any atom is -0.496 e. The Morgan fingerprint density at radius 1 is 1.16 bits per heavy atom. The molecule has 49 heavy (non-hydrogen) atoms. The predicted octanol–water partition coefficient (Wildman–Crippen LogP) is 5.75. The largest absolute Gasteiger partial charge is 0.517 e. The molecule has 4 aromatic rings. The molecule has 2 aromatic heterocycles. The normalized spacial score (nSPS) is 15.0. The first-order valence-corrected chi connectivity index (χ1v) is 17.2. The van der Waals surface area contributed by atoms with Crippen LogP contribution in [0.2, 0.25) is 0 Å². The molecule has 13 nitrogen and oxygen atoms in total. The molecule has 0 bridgehead atoms. The Morgan fingerprint density at radius 2 is 1.84 bits per heavy atom. The van der Waals surface area contributed by atoms with E-state index in [2.05, 4.69) is 26.2 Å². The minimum absolute atomic E-state index is 0.200. The van der Waals surface area contributed by atoms with Gasteiger partial charge in [0.1, 0.15) is 16.9 Å². The van der Waals surface area contributed by atoms with Crippen LogP contribution in [0.3, 0.4) is 0 Å². The molecule has 1 atom stereocenters. The molecule has 3 heterocycles. The summed E-state index contributed by atoms with van der Waals surface area (Å²) in [6, 6.07) is 8.20. The number of aromatic hydroxyl groups is 1. The second-order valence-electron chi connectivity index (χ2n) is 12.3. The second-order valence-corrected chi connectivity index (χ2v) is 14.9. The van der Waals surface area contributed by atoms with Crippen molar-refractivity contribution in [3.63, 3.8) is 0 Å². The maximum absolute atomic E-state index is 13.9. The smallest absolute Gasteiger partial charge is 0.496 e. The number of nitrogens with zero attached hydrogens (tertiary/aromatic N) is 4. The lowest BCUT2D eigenvalue weighted by Gasteiger charge is -2.29. The van der Waals surface area contributed by atoms with E-state index in [0.717, 1.165) is 4.57 Å². The zero-order chi connectivity index (χ0) is 36.1. The van der Waals surface area contributed by atoms with E-state index in [1.165, 1.54) is 7.11 Å². The predicted molar refractivity (Wildman–Crippen MR) is 179 cm³/mol. The number of benzene rings is 2. The number of morpholine rings is 1. The number of halogens is 4. The molecule has 1 saturated heterocycles. The van der Waals surface area contributed by atoms with Crippen molar-refractivity contribution in [3.05, 3.63) is 52.1 Å². The van der Waals surface area contributed by atoms with Crippen molar-refractivity contribution in [2.75, 3.05) is 50.2 Å². The summed E-state index contributed by atoms with van der Waals surface area (Å²) in [4.78, 5) is 20.4. The van der Waals surface area contributed by atoms with Crippen LogP contribution in [0.1, 0.15) is 38.0 Å². The lowest BCUT2D eigenvalue weighted by atomic mass is 10.1. The minimum atomic E-state index is -6.17. The van der Waals surface area contributed by atoms with Gasteiger partial charge < -0.3 is 34.6 Å². The summed E-state index contributed by atoms with van der Waals surface area (Å²) in [6.45, 7) is 8.25. The number of carbonyl (C=O) groups is 1. The Hall–Kier alpha value is -4.00. The number of fused-ring (bicyclic) bond motifs is 1. The molecule has 0 saturated carbocycles. The molecule has 266 valence electrons. The lowest BCUT2D eigenvalue weighted by Crippen LogP contribution is -2.36. The number of carbonyl (C=O) groups excluding carboxylic acids is 1. The molecule has 0 amide bonds. The van der Waals surface area contributed by atoms with E-state index in [0.29, 0.717) is 59.5 Å². The van der Waals surface area contributed by atoms with E-state index in [1.54, 1.807) is 52.0 Å². The van der Waals surface area contributed by atoms with Gasteiger partial charge >= 0.3 is 21.6 Å². The third-order valence-electron chi connectivity index (χ3n) is 7.66. The monoisotopic (exact) mass is 773 g/mol. The molecule has 5 rings (SSSR count). The molecular weight excluding hydrogens is 739 g/mol. The Kier molecular flexibility index (Phi) is 9.90. The lowest BCUT2D eigenvalue weighted by molar-refractivity contribution is -0.0448. The summed E-state index contributed by atoms with van der Waals surface area (Å²) < 4.78 is 84.2. The Morgan fingerprint density at radius 3 is 2.43 bits per heavy atom. The topological polar surface area (TPSA) is 157 Å². The number of aliphatic hydroxyl groups excluding tert-OH is 1. The van der Waals surface area contributed by atoms with E-state index in [1.807, 2.05) is 11.0 Å². The number of hydrogen-bond acceptors (Lipinski definition) is 11. The number of aliphatic hydroxyl groups is 1. The first kappa shape index (κ1) is 36.3. The molecule has 1 aliphatic rings. The number of ether oxygens (including phenoxy) is 3. The average molecular weight is 775 g/mol. The van der Waals surface area contributed by atoms with E-state index < -0.39 is 50.6 Å². The summed E-state index contributed by atoms with van der Waals surface area (Å²) in [5, 5.41) is 25.0. The molecule has 1 fully saturated rings. The standard InChI is InChI=1S/C31H35BrF3N5O8S/c1-17-12-19(38-8-10-47-11-9-38)14-22-26(17)37-27(40(22)29(43)48-30(2,3)4)25-21(16-39(28(25)42)49(44,45)31(33,34)35)36-15-23(41)18-6-7-24(46-5)20(32)13-18/h6-7,12-14,16,23,36,41-42H,8-11,15H2,1-5H3. The van der Waals surface area contributed by atoms with Crippen molar-refractivity contribution in [3.8, 4) is 23.0 Å². The van der Waals surface area contributed by atoms with Crippen LogP contribution in [0.4, 0.5) is 29.3 Å². The maximum Gasteiger partial charge on any atom is 0.517 e. The number of alkyl halides is 3. The third kappa shape index (κ3) is 7.18. The third-order valence-corrected chi connectivity index (χ3v) is 9.66. The molecule has 2 aromatic carbocycles. The number of aromatic nitrogens is 3. The fourth-order valence-corrected chi connectivity index (χ4v) is 6.67. The number of methoxy groups -OCH3 is 1. The Bertz CT molecular complexity index is 2000. The number of nitrogens with one attached hydrogen (secondary N) is 1. The summed E-state index contributed by atoms with van der Waals surface area (Å²) in [6.07, 6.45) is -1.74. The highest BCUT2D eigenvalue weighted by Crippen LogP contribution is 2.43. The molecule has 1 aliphatic heterocycles. The SMILES string of the molecule is COc1ccc(C(O)CNc2cn(S(=O)(=O)C(F)(F)F)c(O)c2-c2nc3c(C)cc(N4CCOCC4)cc3n2C(=O)OC(C)(C)C)cc1Br. The van der Waals surface area contributed by atoms with Crippen molar-refractivity contribution < 1.29 is 50.8 Å². The number of aryl methyl sites for hydroxylation is 1. The highest BCUT2D eigenvalue weighted by atomic mass is 79.9. The number of anilines is 2. The van der Waals surface area contributed by atoms with E-state index in [4.69, 9.17) is 14.2 Å². The summed E-state index contributed by atoms with van der Waals surface area (Å²) in [5.41, 5.74) is -5.65. The fraction of sp³-hybridized carbons (Fsp3) is 0.419. The van der Waals surface area contributed by atoms with Crippen LogP contribution in [0, 0.1) is 6.92 Å². The van der Waals surface area contributed by atoms with Gasteiger partial charge in [-0.25, -0.2) is 18.3 Å². The van der Waals surface area contributed by atoms with Gasteiger partial charge in [-0.3, -0.25) is 0 Å². The van der Waals surface area contributed by atoms with Gasteiger partial charge in [0.2, 0.25) is 5.88 Å². The quantitative estimate of drug-likeness (QED) is 0.200. The highest BCUT2D eigenvalue weighted by Gasteiger charge is 2.49. The van der Waals surface area contributed by atoms with E-state index >= 15 is 0 Å². The van der Waals surface area contributed by atoms with Gasteiger partial charge in [0.05, 0.1) is 47.6 Å². The Balaban J connectivity index is 1.71. The summed E-state index contributed by atoms with van der Waals surface area (Å²) in [5.74, 6) is -1.28. The van der Waals surface area contributed by atoms with Gasteiger partial charge in [0.15, 0.2) is 5.82 Å². The number of rotatable bonds is 8. The van der Waals surface area contributed by atoms with Crippen LogP contribution in [-0.4, -0.2) is 89.3 Å². The zero-order valence-corrected chi connectivity index (χ0v) is 29.5.